The van der Waals surface area contributed by atoms with Crippen LogP contribution in [0.15, 0.2) is 18.2 Å². The van der Waals surface area contributed by atoms with Crippen molar-refractivity contribution in [2.45, 2.75) is 20.3 Å². The Hall–Kier alpha value is -1.91. The lowest BCUT2D eigenvalue weighted by Gasteiger charge is -2.09. The minimum Gasteiger partial charge on any atom is -0.484 e. The Bertz CT molecular complexity index is 446. The van der Waals surface area contributed by atoms with Gasteiger partial charge in [0.2, 0.25) is 0 Å². The Morgan fingerprint density at radius 2 is 2.16 bits per heavy atom. The van der Waals surface area contributed by atoms with Gasteiger partial charge in [0.1, 0.15) is 17.9 Å². The van der Waals surface area contributed by atoms with Crippen molar-refractivity contribution in [2.24, 2.45) is 5.92 Å². The van der Waals surface area contributed by atoms with E-state index in [0.29, 0.717) is 18.7 Å². The molecule has 0 aliphatic heterocycles. The molecule has 0 aliphatic carbocycles. The summed E-state index contributed by atoms with van der Waals surface area (Å²) in [5.74, 6) is -0.155. The number of hydrogen-bond acceptors (Lipinski definition) is 3. The van der Waals surface area contributed by atoms with E-state index in [1.165, 1.54) is 6.07 Å². The molecule has 0 fully saturated rings. The van der Waals surface area contributed by atoms with Crippen molar-refractivity contribution < 1.29 is 18.7 Å². The maximum Gasteiger partial charge on any atom is 0.257 e. The smallest absolute Gasteiger partial charge is 0.257 e. The van der Waals surface area contributed by atoms with E-state index in [4.69, 9.17) is 4.74 Å². The van der Waals surface area contributed by atoms with Crippen LogP contribution in [-0.2, 0) is 4.79 Å². The van der Waals surface area contributed by atoms with Crippen LogP contribution in [0.25, 0.3) is 0 Å². The highest BCUT2D eigenvalue weighted by molar-refractivity contribution is 5.78. The molecule has 0 atom stereocenters. The summed E-state index contributed by atoms with van der Waals surface area (Å²) in [5.41, 5.74) is 0.176. The predicted molar refractivity (Wildman–Crippen MR) is 69.7 cm³/mol. The first-order valence-electron chi connectivity index (χ1n) is 6.16. The molecule has 104 valence electrons. The molecule has 0 radical (unpaired) electrons. The fraction of sp³-hybridized carbons (Fsp3) is 0.429. The predicted octanol–water partition coefficient (Wildman–Crippen LogP) is 2.18. The third-order valence-electron chi connectivity index (χ3n) is 2.44. The first kappa shape index (κ1) is 15.1. The SMILES string of the molecule is CC(C)CCNC(=O)COc1cc(F)cc(C=O)c1. The molecule has 4 nitrogen and oxygen atoms in total. The summed E-state index contributed by atoms with van der Waals surface area (Å²) in [6.45, 7) is 4.52. The summed E-state index contributed by atoms with van der Waals surface area (Å²) in [7, 11) is 0. The fourth-order valence-corrected chi connectivity index (χ4v) is 1.44. The Kier molecular flexibility index (Phi) is 5.99. The Morgan fingerprint density at radius 1 is 1.42 bits per heavy atom. The highest BCUT2D eigenvalue weighted by Gasteiger charge is 2.05. The van der Waals surface area contributed by atoms with Crippen molar-refractivity contribution >= 4 is 12.2 Å². The molecule has 0 unspecified atom stereocenters. The van der Waals surface area contributed by atoms with E-state index in [1.807, 2.05) is 0 Å². The van der Waals surface area contributed by atoms with E-state index in [-0.39, 0.29) is 23.8 Å². The molecule has 5 heteroatoms. The standard InChI is InChI=1S/C14H18FNO3/c1-10(2)3-4-16-14(18)9-19-13-6-11(8-17)5-12(15)7-13/h5-8,10H,3-4,9H2,1-2H3,(H,16,18). The molecule has 0 spiro atoms. The quantitative estimate of drug-likeness (QED) is 0.770. The number of benzene rings is 1. The second-order valence-corrected chi connectivity index (χ2v) is 4.66. The van der Waals surface area contributed by atoms with Gasteiger partial charge in [-0.1, -0.05) is 13.8 Å². The third-order valence-corrected chi connectivity index (χ3v) is 2.44. The summed E-state index contributed by atoms with van der Waals surface area (Å²) in [5, 5.41) is 2.70. The molecular formula is C14H18FNO3. The van der Waals surface area contributed by atoms with Crippen molar-refractivity contribution in [1.29, 1.82) is 0 Å². The zero-order chi connectivity index (χ0) is 14.3. The van der Waals surface area contributed by atoms with Gasteiger partial charge >= 0.3 is 0 Å². The zero-order valence-electron chi connectivity index (χ0n) is 11.1. The molecule has 1 amide bonds. The molecule has 1 N–H and O–H groups in total. The van der Waals surface area contributed by atoms with Crippen LogP contribution in [0.5, 0.6) is 5.75 Å². The zero-order valence-corrected chi connectivity index (χ0v) is 11.1. The van der Waals surface area contributed by atoms with Gasteiger partial charge in [-0.25, -0.2) is 4.39 Å². The van der Waals surface area contributed by atoms with Crippen LogP contribution in [0.3, 0.4) is 0 Å². The number of aldehydes is 1. The number of carbonyl (C=O) groups is 2. The number of ether oxygens (including phenoxy) is 1. The monoisotopic (exact) mass is 267 g/mol. The second kappa shape index (κ2) is 7.51. The highest BCUT2D eigenvalue weighted by Crippen LogP contribution is 2.15. The number of amides is 1. The van der Waals surface area contributed by atoms with Gasteiger partial charge in [-0.2, -0.15) is 0 Å². The van der Waals surface area contributed by atoms with Crippen LogP contribution in [-0.4, -0.2) is 25.3 Å². The third kappa shape index (κ3) is 5.99. The average molecular weight is 267 g/mol. The van der Waals surface area contributed by atoms with Gasteiger partial charge in [0.25, 0.3) is 5.91 Å². The topological polar surface area (TPSA) is 55.4 Å². The van der Waals surface area contributed by atoms with Crippen LogP contribution in [0.1, 0.15) is 30.6 Å². The highest BCUT2D eigenvalue weighted by atomic mass is 19.1. The Balaban J connectivity index is 2.41. The van der Waals surface area contributed by atoms with Crippen molar-refractivity contribution in [3.63, 3.8) is 0 Å². The lowest BCUT2D eigenvalue weighted by molar-refractivity contribution is -0.123. The van der Waals surface area contributed by atoms with Gasteiger partial charge in [-0.3, -0.25) is 9.59 Å². The van der Waals surface area contributed by atoms with Crippen LogP contribution >= 0.6 is 0 Å². The van der Waals surface area contributed by atoms with Gasteiger partial charge in [0.15, 0.2) is 6.61 Å². The maximum atomic E-state index is 13.1. The van der Waals surface area contributed by atoms with Gasteiger partial charge < -0.3 is 10.1 Å². The Labute approximate surface area is 112 Å². The summed E-state index contributed by atoms with van der Waals surface area (Å²) in [6.07, 6.45) is 1.42. The molecule has 0 saturated heterocycles. The molecular weight excluding hydrogens is 249 g/mol. The molecule has 0 saturated carbocycles. The normalized spacial score (nSPS) is 10.3. The molecule has 1 rings (SSSR count). The average Bonchev–Trinajstić information content (AvgIpc) is 2.35. The number of carbonyl (C=O) groups excluding carboxylic acids is 2. The molecule has 0 aliphatic rings. The van der Waals surface area contributed by atoms with E-state index in [0.717, 1.165) is 18.6 Å². The molecule has 1 aromatic rings. The van der Waals surface area contributed by atoms with Crippen molar-refractivity contribution in [1.82, 2.24) is 5.32 Å². The number of nitrogens with one attached hydrogen (secondary N) is 1. The van der Waals surface area contributed by atoms with Crippen LogP contribution < -0.4 is 10.1 Å². The summed E-state index contributed by atoms with van der Waals surface area (Å²) >= 11 is 0. The van der Waals surface area contributed by atoms with Crippen LogP contribution in [0.2, 0.25) is 0 Å². The largest absolute Gasteiger partial charge is 0.484 e. The van der Waals surface area contributed by atoms with Gasteiger partial charge in [-0.05, 0) is 24.5 Å². The first-order valence-corrected chi connectivity index (χ1v) is 6.16. The fourth-order valence-electron chi connectivity index (χ4n) is 1.44. The maximum absolute atomic E-state index is 13.1. The van der Waals surface area contributed by atoms with Crippen LogP contribution in [0.4, 0.5) is 4.39 Å². The van der Waals surface area contributed by atoms with E-state index in [9.17, 15) is 14.0 Å². The minimum absolute atomic E-state index is 0.168. The van der Waals surface area contributed by atoms with Gasteiger partial charge in [-0.15, -0.1) is 0 Å². The van der Waals surface area contributed by atoms with E-state index < -0.39 is 5.82 Å². The van der Waals surface area contributed by atoms with E-state index >= 15 is 0 Å². The second-order valence-electron chi connectivity index (χ2n) is 4.66. The lowest BCUT2D eigenvalue weighted by Crippen LogP contribution is -2.30. The lowest BCUT2D eigenvalue weighted by atomic mass is 10.1. The molecule has 0 heterocycles. The minimum atomic E-state index is -0.570. The van der Waals surface area contributed by atoms with Gasteiger partial charge in [0.05, 0.1) is 0 Å². The molecule has 0 aromatic heterocycles. The van der Waals surface area contributed by atoms with Gasteiger partial charge in [0, 0.05) is 18.2 Å². The van der Waals surface area contributed by atoms with Crippen LogP contribution in [0, 0.1) is 11.7 Å². The molecule has 1 aromatic carbocycles. The molecule has 19 heavy (non-hydrogen) atoms. The Morgan fingerprint density at radius 3 is 2.79 bits per heavy atom. The van der Waals surface area contributed by atoms with Crippen molar-refractivity contribution in [2.75, 3.05) is 13.2 Å². The molecule has 0 bridgehead atoms. The number of halogens is 1. The number of rotatable bonds is 7. The van der Waals surface area contributed by atoms with E-state index in [2.05, 4.69) is 19.2 Å². The van der Waals surface area contributed by atoms with Crippen molar-refractivity contribution in [3.8, 4) is 5.75 Å². The van der Waals surface area contributed by atoms with E-state index in [1.54, 1.807) is 0 Å². The summed E-state index contributed by atoms with van der Waals surface area (Å²) < 4.78 is 18.2. The summed E-state index contributed by atoms with van der Waals surface area (Å²) in [6, 6.07) is 3.62. The summed E-state index contributed by atoms with van der Waals surface area (Å²) in [4.78, 5) is 22.0. The van der Waals surface area contributed by atoms with Crippen molar-refractivity contribution in [3.05, 3.63) is 29.6 Å². The number of hydrogen-bond donors (Lipinski definition) is 1. The first-order chi connectivity index (χ1) is 9.01.